The van der Waals surface area contributed by atoms with Crippen LogP contribution in [0.4, 0.5) is 4.39 Å². The lowest BCUT2D eigenvalue weighted by Gasteiger charge is -2.25. The maximum absolute atomic E-state index is 13.2. The molecule has 4 heteroatoms. The number of hydrogen-bond donors (Lipinski definition) is 1. The molecule has 0 aliphatic heterocycles. The third kappa shape index (κ3) is 3.95. The summed E-state index contributed by atoms with van der Waals surface area (Å²) in [6, 6.07) is 12.0. The van der Waals surface area contributed by atoms with E-state index in [1.165, 1.54) is 12.1 Å². The highest BCUT2D eigenvalue weighted by atomic mass is 35.5. The van der Waals surface area contributed by atoms with E-state index in [-0.39, 0.29) is 5.82 Å². The van der Waals surface area contributed by atoms with Crippen LogP contribution in [0.2, 0.25) is 10.0 Å². The fourth-order valence-corrected chi connectivity index (χ4v) is 2.68. The van der Waals surface area contributed by atoms with E-state index in [4.69, 9.17) is 28.9 Å². The number of hydrogen-bond acceptors (Lipinski definition) is 1. The maximum atomic E-state index is 13.2. The Morgan fingerprint density at radius 2 is 1.80 bits per heavy atom. The summed E-state index contributed by atoms with van der Waals surface area (Å²) < 4.78 is 13.2. The van der Waals surface area contributed by atoms with Gasteiger partial charge in [-0.15, -0.1) is 0 Å². The molecule has 0 saturated carbocycles. The van der Waals surface area contributed by atoms with Crippen LogP contribution in [-0.2, 0) is 12.8 Å². The average Bonchev–Trinajstić information content (AvgIpc) is 2.34. The van der Waals surface area contributed by atoms with Crippen LogP contribution in [0.3, 0.4) is 0 Å². The Kier molecular flexibility index (Phi) is 4.69. The average molecular weight is 312 g/mol. The molecular weight excluding hydrogens is 296 g/mol. The minimum atomic E-state index is -0.526. The molecule has 1 unspecified atom stereocenters. The zero-order valence-corrected chi connectivity index (χ0v) is 12.7. The molecule has 0 aliphatic carbocycles. The molecular formula is C16H16Cl2FN. The van der Waals surface area contributed by atoms with Gasteiger partial charge in [0.2, 0.25) is 0 Å². The largest absolute Gasteiger partial charge is 0.325 e. The van der Waals surface area contributed by atoms with Crippen molar-refractivity contribution in [3.8, 4) is 0 Å². The van der Waals surface area contributed by atoms with E-state index in [1.807, 2.05) is 25.1 Å². The van der Waals surface area contributed by atoms with Gasteiger partial charge >= 0.3 is 0 Å². The zero-order valence-electron chi connectivity index (χ0n) is 11.2. The molecule has 0 heterocycles. The third-order valence-corrected chi connectivity index (χ3v) is 3.98. The molecule has 0 aliphatic rings. The SMILES string of the molecule is CC(N)(Cc1cccc(F)c1)Cc1cccc(Cl)c1Cl. The lowest BCUT2D eigenvalue weighted by Crippen LogP contribution is -2.41. The Bertz CT molecular complexity index is 611. The summed E-state index contributed by atoms with van der Waals surface area (Å²) in [6.45, 7) is 1.93. The van der Waals surface area contributed by atoms with Gasteiger partial charge < -0.3 is 5.73 Å². The molecule has 2 rings (SSSR count). The number of benzene rings is 2. The Labute approximate surface area is 128 Å². The minimum Gasteiger partial charge on any atom is -0.325 e. The second kappa shape index (κ2) is 6.13. The van der Waals surface area contributed by atoms with Crippen molar-refractivity contribution >= 4 is 23.2 Å². The molecule has 20 heavy (non-hydrogen) atoms. The van der Waals surface area contributed by atoms with Crippen LogP contribution in [0.25, 0.3) is 0 Å². The van der Waals surface area contributed by atoms with Crippen LogP contribution >= 0.6 is 23.2 Å². The van der Waals surface area contributed by atoms with Crippen LogP contribution in [0.1, 0.15) is 18.1 Å². The topological polar surface area (TPSA) is 26.0 Å². The molecule has 2 N–H and O–H groups in total. The molecule has 0 amide bonds. The molecule has 1 nitrogen and oxygen atoms in total. The predicted octanol–water partition coefficient (Wildman–Crippen LogP) is 4.64. The van der Waals surface area contributed by atoms with Crippen molar-refractivity contribution in [1.29, 1.82) is 0 Å². The van der Waals surface area contributed by atoms with Gasteiger partial charge in [-0.25, -0.2) is 4.39 Å². The highest BCUT2D eigenvalue weighted by Crippen LogP contribution is 2.28. The van der Waals surface area contributed by atoms with Gasteiger partial charge in [-0.3, -0.25) is 0 Å². The summed E-state index contributed by atoms with van der Waals surface area (Å²) in [4.78, 5) is 0. The molecule has 2 aromatic carbocycles. The Hall–Kier alpha value is -1.09. The molecule has 106 valence electrons. The fourth-order valence-electron chi connectivity index (χ4n) is 2.30. The maximum Gasteiger partial charge on any atom is 0.123 e. The summed E-state index contributed by atoms with van der Waals surface area (Å²) in [7, 11) is 0. The van der Waals surface area contributed by atoms with Crippen LogP contribution in [0.15, 0.2) is 42.5 Å². The van der Waals surface area contributed by atoms with Crippen molar-refractivity contribution in [2.45, 2.75) is 25.3 Å². The number of rotatable bonds is 4. The van der Waals surface area contributed by atoms with Crippen molar-refractivity contribution in [2.75, 3.05) is 0 Å². The highest BCUT2D eigenvalue weighted by Gasteiger charge is 2.21. The first-order valence-corrected chi connectivity index (χ1v) is 7.09. The highest BCUT2D eigenvalue weighted by molar-refractivity contribution is 6.42. The van der Waals surface area contributed by atoms with Gasteiger partial charge in [0.1, 0.15) is 5.82 Å². The van der Waals surface area contributed by atoms with Crippen LogP contribution < -0.4 is 5.73 Å². The molecule has 0 spiro atoms. The van der Waals surface area contributed by atoms with E-state index in [2.05, 4.69) is 0 Å². The quantitative estimate of drug-likeness (QED) is 0.875. The van der Waals surface area contributed by atoms with Crippen molar-refractivity contribution in [3.63, 3.8) is 0 Å². The van der Waals surface area contributed by atoms with Crippen molar-refractivity contribution in [2.24, 2.45) is 5.73 Å². The van der Waals surface area contributed by atoms with Crippen LogP contribution in [0, 0.1) is 5.82 Å². The van der Waals surface area contributed by atoms with Gasteiger partial charge in [0, 0.05) is 5.54 Å². The first-order valence-electron chi connectivity index (χ1n) is 6.34. The summed E-state index contributed by atoms with van der Waals surface area (Å²) >= 11 is 12.2. The van der Waals surface area contributed by atoms with Gasteiger partial charge in [0.05, 0.1) is 10.0 Å². The van der Waals surface area contributed by atoms with E-state index >= 15 is 0 Å². The minimum absolute atomic E-state index is 0.251. The van der Waals surface area contributed by atoms with Gasteiger partial charge in [-0.1, -0.05) is 47.5 Å². The molecule has 2 aromatic rings. The van der Waals surface area contributed by atoms with E-state index < -0.39 is 5.54 Å². The molecule has 0 fully saturated rings. The molecule has 1 atom stereocenters. The molecule has 0 aromatic heterocycles. The standard InChI is InChI=1S/C16H16Cl2FN/c1-16(20,9-11-4-2-6-13(19)8-11)10-12-5-3-7-14(17)15(12)18/h2-8H,9-10,20H2,1H3. The summed E-state index contributed by atoms with van der Waals surface area (Å²) in [5.41, 5.74) is 7.57. The van der Waals surface area contributed by atoms with Gasteiger partial charge in [-0.05, 0) is 49.1 Å². The summed E-state index contributed by atoms with van der Waals surface area (Å²) in [5.74, 6) is -0.251. The van der Waals surface area contributed by atoms with E-state index in [9.17, 15) is 4.39 Å². The normalized spacial score (nSPS) is 14.1. The van der Waals surface area contributed by atoms with Crippen LogP contribution in [-0.4, -0.2) is 5.54 Å². The van der Waals surface area contributed by atoms with E-state index in [0.717, 1.165) is 11.1 Å². The summed E-state index contributed by atoms with van der Waals surface area (Å²) in [5, 5.41) is 1.05. The smallest absolute Gasteiger partial charge is 0.123 e. The molecule has 0 bridgehead atoms. The summed E-state index contributed by atoms with van der Waals surface area (Å²) in [6.07, 6.45) is 1.14. The fraction of sp³-hybridized carbons (Fsp3) is 0.250. The predicted molar refractivity (Wildman–Crippen MR) is 82.9 cm³/mol. The number of nitrogens with two attached hydrogens (primary N) is 1. The Morgan fingerprint density at radius 3 is 2.50 bits per heavy atom. The second-order valence-corrected chi connectivity index (χ2v) is 6.14. The van der Waals surface area contributed by atoms with Crippen molar-refractivity contribution in [1.82, 2.24) is 0 Å². The van der Waals surface area contributed by atoms with Gasteiger partial charge in [0.25, 0.3) is 0 Å². The molecule has 0 saturated heterocycles. The number of halogens is 3. The van der Waals surface area contributed by atoms with E-state index in [1.54, 1.807) is 12.1 Å². The van der Waals surface area contributed by atoms with Gasteiger partial charge in [0.15, 0.2) is 0 Å². The lowest BCUT2D eigenvalue weighted by molar-refractivity contribution is 0.461. The monoisotopic (exact) mass is 311 g/mol. The van der Waals surface area contributed by atoms with E-state index in [0.29, 0.717) is 22.9 Å². The Morgan fingerprint density at radius 1 is 1.10 bits per heavy atom. The molecule has 0 radical (unpaired) electrons. The van der Waals surface area contributed by atoms with Crippen LogP contribution in [0.5, 0.6) is 0 Å². The van der Waals surface area contributed by atoms with Crippen molar-refractivity contribution < 1.29 is 4.39 Å². The first kappa shape index (κ1) is 15.3. The van der Waals surface area contributed by atoms with Crippen molar-refractivity contribution in [3.05, 3.63) is 69.5 Å². The third-order valence-electron chi connectivity index (χ3n) is 3.12. The second-order valence-electron chi connectivity index (χ2n) is 5.35. The Balaban J connectivity index is 2.16. The first-order chi connectivity index (χ1) is 9.37. The zero-order chi connectivity index (χ0) is 14.8. The van der Waals surface area contributed by atoms with Gasteiger partial charge in [-0.2, -0.15) is 0 Å². The lowest BCUT2D eigenvalue weighted by atomic mass is 9.87.